The van der Waals surface area contributed by atoms with E-state index in [0.29, 0.717) is 39.0 Å². The number of alkyl halides is 3. The lowest BCUT2D eigenvalue weighted by Crippen LogP contribution is -2.53. The number of ether oxygens (including phenoxy) is 1. The Morgan fingerprint density at radius 2 is 1.56 bits per heavy atom. The Bertz CT molecular complexity index is 2200. The maximum atomic E-state index is 14.1. The number of piperidine rings is 1. The third-order valence-corrected chi connectivity index (χ3v) is 9.86. The molecule has 302 valence electrons. The van der Waals surface area contributed by atoms with Gasteiger partial charge in [0, 0.05) is 70.3 Å². The molecule has 0 radical (unpaired) electrons. The molecule has 0 atom stereocenters. The summed E-state index contributed by atoms with van der Waals surface area (Å²) >= 11 is 6.51. The van der Waals surface area contributed by atoms with Crippen LogP contribution in [-0.4, -0.2) is 114 Å². The van der Waals surface area contributed by atoms with Gasteiger partial charge in [0.1, 0.15) is 5.60 Å². The number of likely N-dealkylation sites (tertiary alicyclic amines) is 1. The summed E-state index contributed by atoms with van der Waals surface area (Å²) < 4.78 is 49.8. The largest absolute Gasteiger partial charge is 0.444 e. The van der Waals surface area contributed by atoms with Gasteiger partial charge in [0.2, 0.25) is 11.8 Å². The van der Waals surface area contributed by atoms with E-state index in [1.807, 2.05) is 0 Å². The Balaban J connectivity index is 1.06. The molecule has 0 unspecified atom stereocenters. The van der Waals surface area contributed by atoms with Crippen molar-refractivity contribution in [3.8, 4) is 17.1 Å². The van der Waals surface area contributed by atoms with Crippen LogP contribution >= 0.6 is 11.6 Å². The average molecular weight is 813 g/mol. The molecular weight excluding hydrogens is 773 g/mol. The van der Waals surface area contributed by atoms with Gasteiger partial charge in [-0.3, -0.25) is 19.2 Å². The summed E-state index contributed by atoms with van der Waals surface area (Å²) in [5.41, 5.74) is 3.35. The number of aromatic nitrogens is 5. The van der Waals surface area contributed by atoms with Crippen LogP contribution in [0.5, 0.6) is 0 Å². The highest BCUT2D eigenvalue weighted by atomic mass is 35.5. The van der Waals surface area contributed by atoms with Crippen LogP contribution < -0.4 is 11.1 Å². The van der Waals surface area contributed by atoms with Crippen molar-refractivity contribution in [3.05, 3.63) is 76.6 Å². The second-order valence-electron chi connectivity index (χ2n) is 14.6. The van der Waals surface area contributed by atoms with Gasteiger partial charge in [-0.15, -0.1) is 0 Å². The molecule has 2 fully saturated rings. The normalized spacial score (nSPS) is 15.4. The Morgan fingerprint density at radius 1 is 0.895 bits per heavy atom. The van der Waals surface area contributed by atoms with Crippen molar-refractivity contribution >= 4 is 47.0 Å². The number of carbonyl (C=O) groups is 5. The molecule has 0 aliphatic carbocycles. The zero-order valence-corrected chi connectivity index (χ0v) is 32.2. The van der Waals surface area contributed by atoms with Crippen molar-refractivity contribution in [2.75, 3.05) is 44.6 Å². The van der Waals surface area contributed by atoms with Crippen LogP contribution in [0.4, 0.5) is 23.7 Å². The second-order valence-corrected chi connectivity index (χ2v) is 15.0. The van der Waals surface area contributed by atoms with E-state index in [1.165, 1.54) is 41.9 Å². The molecule has 0 spiro atoms. The first-order valence-electron chi connectivity index (χ1n) is 17.9. The number of nitrogens with two attached hydrogens (primary N) is 1. The quantitative estimate of drug-likeness (QED) is 0.268. The summed E-state index contributed by atoms with van der Waals surface area (Å²) in [6, 6.07) is 6.88. The average Bonchev–Trinajstić information content (AvgIpc) is 3.78. The summed E-state index contributed by atoms with van der Waals surface area (Å²) in [5.74, 6) is -2.36. The fourth-order valence-electron chi connectivity index (χ4n) is 6.57. The van der Waals surface area contributed by atoms with E-state index in [4.69, 9.17) is 22.1 Å². The van der Waals surface area contributed by atoms with Crippen LogP contribution in [0, 0.1) is 5.92 Å². The predicted molar refractivity (Wildman–Crippen MR) is 200 cm³/mol. The summed E-state index contributed by atoms with van der Waals surface area (Å²) in [6.07, 6.45) is -0.927. The van der Waals surface area contributed by atoms with Gasteiger partial charge in [0.15, 0.2) is 17.3 Å². The molecule has 1 aromatic carbocycles. The molecule has 4 aromatic rings. The van der Waals surface area contributed by atoms with Gasteiger partial charge < -0.3 is 35.1 Å². The molecule has 20 heteroatoms. The first-order chi connectivity index (χ1) is 26.8. The zero-order valence-electron chi connectivity index (χ0n) is 31.5. The molecule has 0 bridgehead atoms. The molecule has 16 nitrogen and oxygen atoms in total. The number of imidazole rings is 1. The van der Waals surface area contributed by atoms with Crippen LogP contribution in [0.15, 0.2) is 48.9 Å². The molecule has 2 aliphatic rings. The molecule has 57 heavy (non-hydrogen) atoms. The fraction of sp³-hybridized carbons (Fsp3) is 0.405. The van der Waals surface area contributed by atoms with Gasteiger partial charge in [-0.25, -0.2) is 19.4 Å². The van der Waals surface area contributed by atoms with Crippen molar-refractivity contribution in [1.82, 2.24) is 39.0 Å². The van der Waals surface area contributed by atoms with Crippen molar-refractivity contribution in [3.63, 3.8) is 0 Å². The van der Waals surface area contributed by atoms with E-state index < -0.39 is 35.4 Å². The summed E-state index contributed by atoms with van der Waals surface area (Å²) in [7, 11) is 1.37. The minimum atomic E-state index is -4.88. The van der Waals surface area contributed by atoms with Gasteiger partial charge in [0.25, 0.3) is 11.8 Å². The number of anilines is 1. The summed E-state index contributed by atoms with van der Waals surface area (Å²) in [6.45, 7) is 7.49. The lowest BCUT2D eigenvalue weighted by Gasteiger charge is -2.38. The van der Waals surface area contributed by atoms with Crippen LogP contribution in [0.2, 0.25) is 5.02 Å². The first kappa shape index (κ1) is 40.7. The molecule has 3 N–H and O–H groups in total. The molecule has 2 aliphatic heterocycles. The van der Waals surface area contributed by atoms with Crippen LogP contribution in [0.1, 0.15) is 70.6 Å². The Hall–Kier alpha value is -5.98. The molecule has 6 rings (SSSR count). The second kappa shape index (κ2) is 15.9. The van der Waals surface area contributed by atoms with E-state index in [2.05, 4.69) is 20.4 Å². The smallest absolute Gasteiger partial charge is 0.435 e. The number of hydrogen-bond donors (Lipinski definition) is 2. The van der Waals surface area contributed by atoms with Crippen molar-refractivity contribution in [2.24, 2.45) is 18.7 Å². The van der Waals surface area contributed by atoms with E-state index >= 15 is 0 Å². The molecule has 2 saturated heterocycles. The maximum absolute atomic E-state index is 14.1. The van der Waals surface area contributed by atoms with E-state index in [1.54, 1.807) is 35.5 Å². The molecule has 5 heterocycles. The van der Waals surface area contributed by atoms with Crippen molar-refractivity contribution in [2.45, 2.75) is 45.4 Å². The monoisotopic (exact) mass is 812 g/mol. The molecule has 0 saturated carbocycles. The van der Waals surface area contributed by atoms with Crippen LogP contribution in [0.3, 0.4) is 0 Å². The van der Waals surface area contributed by atoms with Gasteiger partial charge in [0.05, 0.1) is 33.6 Å². The van der Waals surface area contributed by atoms with Crippen LogP contribution in [0.25, 0.3) is 17.1 Å². The first-order valence-corrected chi connectivity index (χ1v) is 18.3. The van der Waals surface area contributed by atoms with E-state index in [9.17, 15) is 37.1 Å². The number of carbonyl (C=O) groups excluding carboxylic acids is 5. The van der Waals surface area contributed by atoms with Gasteiger partial charge in [-0.05, 0) is 63.9 Å². The summed E-state index contributed by atoms with van der Waals surface area (Å²) in [4.78, 5) is 76.8. The van der Waals surface area contributed by atoms with E-state index in [-0.39, 0.29) is 75.6 Å². The number of nitrogens with zero attached hydrogens (tertiary/aromatic N) is 8. The van der Waals surface area contributed by atoms with Gasteiger partial charge in [-0.2, -0.15) is 18.3 Å². The number of halogens is 4. The Morgan fingerprint density at radius 3 is 2.14 bits per heavy atom. The van der Waals surface area contributed by atoms with Gasteiger partial charge >= 0.3 is 12.3 Å². The lowest BCUT2D eigenvalue weighted by atomic mass is 9.95. The number of pyridine rings is 1. The number of amides is 5. The lowest BCUT2D eigenvalue weighted by molar-refractivity contribution is -0.141. The molecule has 3 aromatic heterocycles. The molecular formula is C37H40ClF3N10O6. The third kappa shape index (κ3) is 9.03. The van der Waals surface area contributed by atoms with E-state index in [0.717, 1.165) is 23.3 Å². The Labute approximate surface area is 329 Å². The number of benzene rings is 1. The Kier molecular flexibility index (Phi) is 11.3. The standard InChI is InChI=1S/C37H40ClF3N10O6/c1-36(2,3)57-35(56)50-11-9-21(10-12-50)33(54)48-13-15-49(16-14-48)34(55)24-7-6-23(17-26(24)38)45-32(53)31-44-19-27(47(31)4)25-20-51(46-29(25)37(39,40)41)28-8-5-22(18-43-28)30(42)52/h5-8,17-21H,9-16H2,1-4H3,(H2,42,52)(H,45,53). The SMILES string of the molecule is Cn1c(-c2cn(-c3ccc(C(N)=O)cn3)nc2C(F)(F)F)cnc1C(=O)Nc1ccc(C(=O)N2CCN(C(=O)C3CCN(C(=O)OC(C)(C)C)CC3)CC2)c(Cl)c1. The number of primary amides is 1. The zero-order chi connectivity index (χ0) is 41.4. The summed E-state index contributed by atoms with van der Waals surface area (Å²) in [5, 5.41) is 6.33. The highest BCUT2D eigenvalue weighted by Crippen LogP contribution is 2.37. The number of hydrogen-bond acceptors (Lipinski definition) is 9. The van der Waals surface area contributed by atoms with Crippen LogP contribution in [-0.2, 0) is 22.8 Å². The number of piperazine rings is 1. The minimum Gasteiger partial charge on any atom is -0.444 e. The minimum absolute atomic E-state index is 0.00869. The van der Waals surface area contributed by atoms with Gasteiger partial charge in [-0.1, -0.05) is 11.6 Å². The highest BCUT2D eigenvalue weighted by Gasteiger charge is 2.39. The molecule has 5 amide bonds. The fourth-order valence-corrected chi connectivity index (χ4v) is 6.83. The van der Waals surface area contributed by atoms with Crippen molar-refractivity contribution < 1.29 is 41.9 Å². The number of nitrogens with one attached hydrogen (secondary N) is 1. The predicted octanol–water partition coefficient (Wildman–Crippen LogP) is 4.62. The topological polar surface area (TPSA) is 191 Å². The third-order valence-electron chi connectivity index (χ3n) is 9.55. The van der Waals surface area contributed by atoms with Crippen molar-refractivity contribution in [1.29, 1.82) is 0 Å². The highest BCUT2D eigenvalue weighted by molar-refractivity contribution is 6.34. The number of rotatable bonds is 7. The maximum Gasteiger partial charge on any atom is 0.435 e.